The summed E-state index contributed by atoms with van der Waals surface area (Å²) >= 11 is 0. The summed E-state index contributed by atoms with van der Waals surface area (Å²) in [5.74, 6) is -0.170. The molecule has 0 heterocycles. The van der Waals surface area contributed by atoms with E-state index in [0.29, 0.717) is 6.54 Å². The Labute approximate surface area is 167 Å². The van der Waals surface area contributed by atoms with Crippen LogP contribution in [0.4, 0.5) is 11.4 Å². The van der Waals surface area contributed by atoms with E-state index in [1.807, 2.05) is 82.4 Å². The third-order valence-electron chi connectivity index (χ3n) is 4.61. The van der Waals surface area contributed by atoms with Gasteiger partial charge in [-0.05, 0) is 42.7 Å². The predicted molar refractivity (Wildman–Crippen MR) is 114 cm³/mol. The zero-order valence-corrected chi connectivity index (χ0v) is 17.4. The molecule has 3 N–H and O–H groups in total. The van der Waals surface area contributed by atoms with Crippen molar-refractivity contribution in [2.75, 3.05) is 44.4 Å². The van der Waals surface area contributed by atoms with Crippen LogP contribution in [0.5, 0.6) is 0 Å². The van der Waals surface area contributed by atoms with E-state index in [2.05, 4.69) is 10.6 Å². The fourth-order valence-corrected chi connectivity index (χ4v) is 2.98. The molecular weight excluding hydrogens is 352 g/mol. The van der Waals surface area contributed by atoms with Gasteiger partial charge < -0.3 is 20.4 Å². The van der Waals surface area contributed by atoms with Crippen molar-refractivity contribution in [2.24, 2.45) is 0 Å². The van der Waals surface area contributed by atoms with E-state index in [4.69, 9.17) is 0 Å². The first-order valence-electron chi connectivity index (χ1n) is 9.46. The van der Waals surface area contributed by atoms with Gasteiger partial charge in [0.2, 0.25) is 0 Å². The van der Waals surface area contributed by atoms with Crippen LogP contribution in [0.15, 0.2) is 42.5 Å². The minimum absolute atomic E-state index is 0.0749. The lowest BCUT2D eigenvalue weighted by molar-refractivity contribution is -0.862. The summed E-state index contributed by atoms with van der Waals surface area (Å²) < 4.78 is 0. The molecule has 0 fully saturated rings. The molecule has 0 aliphatic carbocycles. The summed E-state index contributed by atoms with van der Waals surface area (Å²) in [7, 11) is 5.83. The number of hydrogen-bond donors (Lipinski definition) is 3. The van der Waals surface area contributed by atoms with Gasteiger partial charge in [-0.3, -0.25) is 9.59 Å². The van der Waals surface area contributed by atoms with Crippen molar-refractivity contribution >= 4 is 23.2 Å². The molecule has 1 unspecified atom stereocenters. The van der Waals surface area contributed by atoms with Gasteiger partial charge in [-0.1, -0.05) is 30.3 Å². The van der Waals surface area contributed by atoms with E-state index in [-0.39, 0.29) is 24.9 Å². The molecule has 150 valence electrons. The predicted octanol–water partition coefficient (Wildman–Crippen LogP) is 1.14. The lowest BCUT2D eigenvalue weighted by Crippen LogP contribution is -3.11. The van der Waals surface area contributed by atoms with Gasteiger partial charge in [0.25, 0.3) is 11.8 Å². The SMILES string of the molecule is Cc1cccc(C)c1NC(=O)C[NH+](C)CC(=O)NCc1ccc(N(C)C)cc1. The number of rotatable bonds is 8. The fraction of sp³-hybridized carbons (Fsp3) is 0.364. The maximum absolute atomic E-state index is 12.3. The molecule has 0 saturated carbocycles. The second-order valence-electron chi connectivity index (χ2n) is 7.46. The number of benzene rings is 2. The van der Waals surface area contributed by atoms with Gasteiger partial charge in [0.15, 0.2) is 13.1 Å². The Morgan fingerprint density at radius 2 is 1.50 bits per heavy atom. The highest BCUT2D eigenvalue weighted by atomic mass is 16.2. The Morgan fingerprint density at radius 3 is 2.07 bits per heavy atom. The number of quaternary nitrogens is 1. The normalized spacial score (nSPS) is 11.6. The molecule has 0 aliphatic heterocycles. The van der Waals surface area contributed by atoms with E-state index in [1.54, 1.807) is 0 Å². The van der Waals surface area contributed by atoms with Crippen LogP contribution >= 0.6 is 0 Å². The van der Waals surface area contributed by atoms with E-state index < -0.39 is 0 Å². The number of nitrogens with zero attached hydrogens (tertiary/aromatic N) is 1. The van der Waals surface area contributed by atoms with Crippen LogP contribution in [0.1, 0.15) is 16.7 Å². The minimum Gasteiger partial charge on any atom is -0.378 e. The zero-order chi connectivity index (χ0) is 20.7. The Bertz CT molecular complexity index is 796. The molecule has 2 aromatic rings. The van der Waals surface area contributed by atoms with Crippen molar-refractivity contribution in [1.29, 1.82) is 0 Å². The number of nitrogens with one attached hydrogen (secondary N) is 3. The average molecular weight is 384 g/mol. The van der Waals surface area contributed by atoms with Gasteiger partial charge in [-0.2, -0.15) is 0 Å². The lowest BCUT2D eigenvalue weighted by Gasteiger charge is -2.16. The Morgan fingerprint density at radius 1 is 0.929 bits per heavy atom. The summed E-state index contributed by atoms with van der Waals surface area (Å²) in [5.41, 5.74) is 5.08. The molecule has 6 heteroatoms. The summed E-state index contributed by atoms with van der Waals surface area (Å²) in [6.07, 6.45) is 0. The molecule has 6 nitrogen and oxygen atoms in total. The minimum atomic E-state index is -0.0954. The molecule has 1 atom stereocenters. The van der Waals surface area contributed by atoms with Gasteiger partial charge in [0, 0.05) is 32.0 Å². The van der Waals surface area contributed by atoms with Gasteiger partial charge in [0.1, 0.15) is 0 Å². The van der Waals surface area contributed by atoms with Gasteiger partial charge >= 0.3 is 0 Å². The van der Waals surface area contributed by atoms with Gasteiger partial charge in [-0.25, -0.2) is 0 Å². The Kier molecular flexibility index (Phi) is 7.58. The number of carbonyl (C=O) groups is 2. The van der Waals surface area contributed by atoms with Crippen molar-refractivity contribution in [1.82, 2.24) is 5.32 Å². The van der Waals surface area contributed by atoms with Crippen LogP contribution in [-0.4, -0.2) is 46.0 Å². The molecule has 2 amide bonds. The number of hydrogen-bond acceptors (Lipinski definition) is 3. The molecule has 0 bridgehead atoms. The number of anilines is 2. The highest BCUT2D eigenvalue weighted by Crippen LogP contribution is 2.18. The second kappa shape index (κ2) is 9.90. The highest BCUT2D eigenvalue weighted by molar-refractivity contribution is 5.93. The standard InChI is InChI=1S/C22H30N4O2/c1-16-7-6-8-17(2)22(16)24-21(28)15-26(5)14-20(27)23-13-18-9-11-19(12-10-18)25(3)4/h6-12H,13-15H2,1-5H3,(H,23,27)(H,24,28)/p+1. The highest BCUT2D eigenvalue weighted by Gasteiger charge is 2.15. The van der Waals surface area contributed by atoms with Crippen LogP contribution in [-0.2, 0) is 16.1 Å². The Hall–Kier alpha value is -2.86. The van der Waals surface area contributed by atoms with Crippen LogP contribution in [0.25, 0.3) is 0 Å². The maximum Gasteiger partial charge on any atom is 0.279 e. The van der Waals surface area contributed by atoms with Crippen molar-refractivity contribution in [3.63, 3.8) is 0 Å². The summed E-state index contributed by atoms with van der Waals surface area (Å²) in [6.45, 7) is 4.90. The quantitative estimate of drug-likeness (QED) is 0.641. The number of aryl methyl sites for hydroxylation is 2. The largest absolute Gasteiger partial charge is 0.378 e. The first-order valence-corrected chi connectivity index (χ1v) is 9.46. The number of amides is 2. The van der Waals surface area contributed by atoms with Crippen LogP contribution in [0.3, 0.4) is 0 Å². The number of likely N-dealkylation sites (N-methyl/N-ethyl adjacent to an activating group) is 1. The molecule has 28 heavy (non-hydrogen) atoms. The average Bonchev–Trinajstić information content (AvgIpc) is 2.63. The summed E-state index contributed by atoms with van der Waals surface area (Å²) in [6, 6.07) is 14.0. The maximum atomic E-state index is 12.3. The molecule has 0 aliphatic rings. The number of carbonyl (C=O) groups excluding carboxylic acids is 2. The molecule has 0 aromatic heterocycles. The Balaban J connectivity index is 1.78. The number of para-hydroxylation sites is 1. The topological polar surface area (TPSA) is 65.9 Å². The second-order valence-corrected chi connectivity index (χ2v) is 7.46. The van der Waals surface area contributed by atoms with Crippen molar-refractivity contribution in [2.45, 2.75) is 20.4 Å². The van der Waals surface area contributed by atoms with E-state index in [0.717, 1.165) is 33.0 Å². The third-order valence-corrected chi connectivity index (χ3v) is 4.61. The summed E-state index contributed by atoms with van der Waals surface area (Å²) in [4.78, 5) is 27.4. The molecule has 2 aromatic carbocycles. The van der Waals surface area contributed by atoms with E-state index in [1.165, 1.54) is 0 Å². The smallest absolute Gasteiger partial charge is 0.279 e. The fourth-order valence-electron chi connectivity index (χ4n) is 2.98. The first-order chi connectivity index (χ1) is 13.3. The third kappa shape index (κ3) is 6.39. The van der Waals surface area contributed by atoms with Gasteiger partial charge in [0.05, 0.1) is 7.05 Å². The van der Waals surface area contributed by atoms with Crippen molar-refractivity contribution in [3.05, 3.63) is 59.2 Å². The molecule has 0 spiro atoms. The van der Waals surface area contributed by atoms with Crippen molar-refractivity contribution in [3.8, 4) is 0 Å². The summed E-state index contributed by atoms with van der Waals surface area (Å²) in [5, 5.41) is 5.87. The van der Waals surface area contributed by atoms with Crippen molar-refractivity contribution < 1.29 is 14.5 Å². The van der Waals surface area contributed by atoms with Gasteiger partial charge in [-0.15, -0.1) is 0 Å². The van der Waals surface area contributed by atoms with Crippen LogP contribution in [0, 0.1) is 13.8 Å². The van der Waals surface area contributed by atoms with E-state index >= 15 is 0 Å². The monoisotopic (exact) mass is 383 g/mol. The van der Waals surface area contributed by atoms with E-state index in [9.17, 15) is 9.59 Å². The van der Waals surface area contributed by atoms with Crippen LogP contribution in [0.2, 0.25) is 0 Å². The molecular formula is C22H31N4O2+. The molecule has 0 radical (unpaired) electrons. The first kappa shape index (κ1) is 21.4. The lowest BCUT2D eigenvalue weighted by atomic mass is 10.1. The zero-order valence-electron chi connectivity index (χ0n) is 17.4. The molecule has 0 saturated heterocycles. The van der Waals surface area contributed by atoms with Crippen LogP contribution < -0.4 is 20.4 Å². The molecule has 2 rings (SSSR count).